The molecule has 5 nitrogen and oxygen atoms in total. The lowest BCUT2D eigenvalue weighted by molar-refractivity contribution is -0.141. The fourth-order valence-corrected chi connectivity index (χ4v) is 4.37. The van der Waals surface area contributed by atoms with Gasteiger partial charge in [-0.15, -0.1) is 0 Å². The molecule has 178 valence electrons. The van der Waals surface area contributed by atoms with Crippen molar-refractivity contribution in [2.24, 2.45) is 0 Å². The molecule has 3 rings (SSSR count). The molecule has 2 aromatic carbocycles. The van der Waals surface area contributed by atoms with Crippen LogP contribution in [-0.4, -0.2) is 35.4 Å². The number of nitrogens with one attached hydrogen (secondary N) is 1. The van der Waals surface area contributed by atoms with Gasteiger partial charge in [0.1, 0.15) is 11.8 Å². The van der Waals surface area contributed by atoms with Crippen LogP contribution in [0.5, 0.6) is 5.75 Å². The Kier molecular flexibility index (Phi) is 9.89. The third kappa shape index (κ3) is 7.94. The van der Waals surface area contributed by atoms with E-state index in [9.17, 15) is 9.59 Å². The van der Waals surface area contributed by atoms with Gasteiger partial charge in [-0.25, -0.2) is 0 Å². The van der Waals surface area contributed by atoms with E-state index in [0.717, 1.165) is 31.2 Å². The Balaban J connectivity index is 1.60. The second-order valence-corrected chi connectivity index (χ2v) is 9.38. The van der Waals surface area contributed by atoms with Crippen molar-refractivity contribution in [3.05, 3.63) is 64.1 Å². The van der Waals surface area contributed by atoms with Crippen molar-refractivity contribution < 1.29 is 14.3 Å². The van der Waals surface area contributed by atoms with Gasteiger partial charge < -0.3 is 15.0 Å². The van der Waals surface area contributed by atoms with Gasteiger partial charge in [0.05, 0.1) is 6.61 Å². The van der Waals surface area contributed by atoms with Gasteiger partial charge in [-0.2, -0.15) is 0 Å². The van der Waals surface area contributed by atoms with E-state index in [0.29, 0.717) is 28.8 Å². The molecule has 2 aromatic rings. The normalized spacial score (nSPS) is 15.0. The predicted octanol–water partition coefficient (Wildman–Crippen LogP) is 6.02. The molecule has 1 N–H and O–H groups in total. The minimum atomic E-state index is -0.590. The van der Waals surface area contributed by atoms with Crippen molar-refractivity contribution >= 4 is 35.0 Å². The first-order valence-electron chi connectivity index (χ1n) is 11.7. The number of halogens is 2. The molecule has 1 saturated carbocycles. The number of carbonyl (C=O) groups is 2. The fourth-order valence-electron chi connectivity index (χ4n) is 4.05. The first kappa shape index (κ1) is 25.4. The van der Waals surface area contributed by atoms with Gasteiger partial charge in [0, 0.05) is 29.1 Å². The molecule has 1 atom stereocenters. The van der Waals surface area contributed by atoms with E-state index < -0.39 is 6.04 Å². The van der Waals surface area contributed by atoms with Gasteiger partial charge in [-0.3, -0.25) is 9.59 Å². The van der Waals surface area contributed by atoms with Crippen molar-refractivity contribution in [1.29, 1.82) is 0 Å². The minimum absolute atomic E-state index is 0.0964. The van der Waals surface area contributed by atoms with Crippen molar-refractivity contribution in [1.82, 2.24) is 10.2 Å². The third-order valence-corrected chi connectivity index (χ3v) is 6.66. The topological polar surface area (TPSA) is 58.6 Å². The van der Waals surface area contributed by atoms with Crippen LogP contribution in [-0.2, 0) is 16.1 Å². The molecule has 1 aliphatic rings. The van der Waals surface area contributed by atoms with Gasteiger partial charge >= 0.3 is 0 Å². The number of nitrogens with zero attached hydrogens (tertiary/aromatic N) is 1. The van der Waals surface area contributed by atoms with Gasteiger partial charge in [-0.1, -0.05) is 60.7 Å². The van der Waals surface area contributed by atoms with E-state index >= 15 is 0 Å². The molecule has 1 unspecified atom stereocenters. The molecule has 1 aliphatic carbocycles. The average Bonchev–Trinajstić information content (AvgIpc) is 2.82. The second-order valence-electron chi connectivity index (χ2n) is 8.54. The third-order valence-electron chi connectivity index (χ3n) is 6.03. The summed E-state index contributed by atoms with van der Waals surface area (Å²) in [6, 6.07) is 14.1. The summed E-state index contributed by atoms with van der Waals surface area (Å²) < 4.78 is 5.71. The highest BCUT2D eigenvalue weighted by Crippen LogP contribution is 2.21. The molecule has 0 saturated heterocycles. The Bertz CT molecular complexity index is 914. The highest BCUT2D eigenvalue weighted by atomic mass is 35.5. The Morgan fingerprint density at radius 3 is 2.45 bits per heavy atom. The average molecular weight is 491 g/mol. The lowest BCUT2D eigenvalue weighted by atomic mass is 9.95. The quantitative estimate of drug-likeness (QED) is 0.414. The zero-order valence-electron chi connectivity index (χ0n) is 19.1. The van der Waals surface area contributed by atoms with Crippen LogP contribution < -0.4 is 10.1 Å². The number of benzene rings is 2. The molecular formula is C26H32Cl2N2O3. The zero-order valence-corrected chi connectivity index (χ0v) is 20.6. The molecule has 0 radical (unpaired) electrons. The number of rotatable bonds is 10. The largest absolute Gasteiger partial charge is 0.494 e. The summed E-state index contributed by atoms with van der Waals surface area (Å²) >= 11 is 12.2. The lowest BCUT2D eigenvalue weighted by Gasteiger charge is -2.31. The van der Waals surface area contributed by atoms with Gasteiger partial charge in [0.25, 0.3) is 0 Å². The maximum atomic E-state index is 13.2. The summed E-state index contributed by atoms with van der Waals surface area (Å²) in [5.41, 5.74) is 0.822. The first-order valence-corrected chi connectivity index (χ1v) is 12.4. The highest BCUT2D eigenvalue weighted by molar-refractivity contribution is 6.31. The number of hydrogen-bond acceptors (Lipinski definition) is 3. The van der Waals surface area contributed by atoms with Crippen LogP contribution in [0, 0.1) is 0 Å². The predicted molar refractivity (Wildman–Crippen MR) is 133 cm³/mol. The summed E-state index contributed by atoms with van der Waals surface area (Å²) in [5, 5.41) is 4.38. The molecule has 0 heterocycles. The minimum Gasteiger partial charge on any atom is -0.494 e. The van der Waals surface area contributed by atoms with E-state index in [1.165, 1.54) is 6.42 Å². The number of hydrogen-bond donors (Lipinski definition) is 1. The van der Waals surface area contributed by atoms with Crippen molar-refractivity contribution in [3.8, 4) is 5.75 Å². The Morgan fingerprint density at radius 1 is 1.06 bits per heavy atom. The van der Waals surface area contributed by atoms with E-state index in [2.05, 4.69) is 5.32 Å². The molecule has 7 heteroatoms. The monoisotopic (exact) mass is 490 g/mol. The Morgan fingerprint density at radius 2 is 1.76 bits per heavy atom. The molecule has 0 aliphatic heterocycles. The summed E-state index contributed by atoms with van der Waals surface area (Å²) in [7, 11) is 0. The van der Waals surface area contributed by atoms with E-state index in [1.807, 2.05) is 18.2 Å². The molecule has 1 fully saturated rings. The number of amides is 2. The smallest absolute Gasteiger partial charge is 0.242 e. The second kappa shape index (κ2) is 12.9. The Hall–Kier alpha value is -2.24. The van der Waals surface area contributed by atoms with E-state index in [4.69, 9.17) is 27.9 Å². The molecule has 33 heavy (non-hydrogen) atoms. The van der Waals surface area contributed by atoms with Crippen molar-refractivity contribution in [2.45, 2.75) is 70.5 Å². The van der Waals surface area contributed by atoms with Gasteiger partial charge in [0.2, 0.25) is 11.8 Å². The molecule has 0 aromatic heterocycles. The van der Waals surface area contributed by atoms with Crippen LogP contribution in [0.4, 0.5) is 0 Å². The Labute approximate surface area is 206 Å². The van der Waals surface area contributed by atoms with Crippen LogP contribution in [0.3, 0.4) is 0 Å². The summed E-state index contributed by atoms with van der Waals surface area (Å²) in [6.07, 6.45) is 6.30. The lowest BCUT2D eigenvalue weighted by Crippen LogP contribution is -2.50. The van der Waals surface area contributed by atoms with Crippen LogP contribution in [0.1, 0.15) is 57.4 Å². The summed E-state index contributed by atoms with van der Waals surface area (Å²) in [4.78, 5) is 27.8. The van der Waals surface area contributed by atoms with E-state index in [1.54, 1.807) is 42.2 Å². The standard InChI is InChI=1S/C26H32Cl2N2O3/c1-19(26(32)29-22-9-3-2-4-10-22)30(18-20-8-5-6-11-24(20)28)25(31)12-7-17-33-23-15-13-21(27)14-16-23/h5-6,8,11,13-16,19,22H,2-4,7,9-10,12,17-18H2,1H3,(H,29,32). The zero-order chi connectivity index (χ0) is 23.6. The maximum absolute atomic E-state index is 13.2. The molecular weight excluding hydrogens is 459 g/mol. The molecule has 0 bridgehead atoms. The van der Waals surface area contributed by atoms with Crippen LogP contribution in [0.2, 0.25) is 10.0 Å². The van der Waals surface area contributed by atoms with Crippen LogP contribution in [0.15, 0.2) is 48.5 Å². The van der Waals surface area contributed by atoms with Crippen molar-refractivity contribution in [3.63, 3.8) is 0 Å². The van der Waals surface area contributed by atoms with Crippen LogP contribution in [0.25, 0.3) is 0 Å². The van der Waals surface area contributed by atoms with Crippen molar-refractivity contribution in [2.75, 3.05) is 6.61 Å². The molecule has 2 amide bonds. The SMILES string of the molecule is CC(C(=O)NC1CCCCC1)N(Cc1ccccc1Cl)C(=O)CCCOc1ccc(Cl)cc1. The van der Waals surface area contributed by atoms with Gasteiger partial charge in [0.15, 0.2) is 0 Å². The summed E-state index contributed by atoms with van der Waals surface area (Å²) in [5.74, 6) is 0.501. The number of ether oxygens (including phenoxy) is 1. The summed E-state index contributed by atoms with van der Waals surface area (Å²) in [6.45, 7) is 2.48. The van der Waals surface area contributed by atoms with Crippen LogP contribution >= 0.6 is 23.2 Å². The maximum Gasteiger partial charge on any atom is 0.242 e. The van der Waals surface area contributed by atoms with Gasteiger partial charge in [-0.05, 0) is 62.1 Å². The highest BCUT2D eigenvalue weighted by Gasteiger charge is 2.28. The number of carbonyl (C=O) groups excluding carboxylic acids is 2. The fraction of sp³-hybridized carbons (Fsp3) is 0.462. The first-order chi connectivity index (χ1) is 15.9. The molecule has 0 spiro atoms. The van der Waals surface area contributed by atoms with E-state index in [-0.39, 0.29) is 30.8 Å².